The second-order valence-electron chi connectivity index (χ2n) is 8.61. The SMILES string of the molecule is CCCC[C@@H](F)[C@H](CC[C@H]1[C@H]2CC(O)O[C@H]2C[C@H]1C)OC1CCCCO1. The van der Waals surface area contributed by atoms with Crippen molar-refractivity contribution < 1.29 is 23.7 Å². The van der Waals surface area contributed by atoms with E-state index < -0.39 is 12.5 Å². The van der Waals surface area contributed by atoms with Crippen LogP contribution in [0.15, 0.2) is 0 Å². The van der Waals surface area contributed by atoms with E-state index in [0.717, 1.165) is 64.4 Å². The van der Waals surface area contributed by atoms with Crippen LogP contribution < -0.4 is 0 Å². The minimum Gasteiger partial charge on any atom is -0.368 e. The number of hydrogen-bond donors (Lipinski definition) is 1. The molecule has 0 aromatic heterocycles. The summed E-state index contributed by atoms with van der Waals surface area (Å²) in [4.78, 5) is 0. The fourth-order valence-electron chi connectivity index (χ4n) is 5.17. The minimum atomic E-state index is -0.918. The predicted octanol–water partition coefficient (Wildman–Crippen LogP) is 4.59. The zero-order valence-electron chi connectivity index (χ0n) is 16.4. The number of unbranched alkanes of at least 4 members (excludes halogenated alkanes) is 1. The van der Waals surface area contributed by atoms with E-state index in [4.69, 9.17) is 14.2 Å². The van der Waals surface area contributed by atoms with Crippen molar-refractivity contribution >= 4 is 0 Å². The Hall–Kier alpha value is -0.230. The molecule has 4 nitrogen and oxygen atoms in total. The Bertz CT molecular complexity index is 415. The highest BCUT2D eigenvalue weighted by Crippen LogP contribution is 2.48. The van der Waals surface area contributed by atoms with Crippen LogP contribution in [0.4, 0.5) is 4.39 Å². The number of hydrogen-bond acceptors (Lipinski definition) is 4. The maximum absolute atomic E-state index is 14.9. The van der Waals surface area contributed by atoms with Crippen LogP contribution in [0.1, 0.15) is 78.1 Å². The first-order valence-electron chi connectivity index (χ1n) is 10.8. The lowest BCUT2D eigenvalue weighted by molar-refractivity contribution is -0.202. The summed E-state index contributed by atoms with van der Waals surface area (Å²) in [5, 5.41) is 9.79. The molecule has 1 saturated carbocycles. The molecule has 2 unspecified atom stereocenters. The Morgan fingerprint density at radius 3 is 2.81 bits per heavy atom. The highest BCUT2D eigenvalue weighted by molar-refractivity contribution is 4.94. The molecule has 0 spiro atoms. The number of ether oxygens (including phenoxy) is 3. The molecule has 152 valence electrons. The van der Waals surface area contributed by atoms with Crippen molar-refractivity contribution in [2.24, 2.45) is 17.8 Å². The molecule has 0 bridgehead atoms. The van der Waals surface area contributed by atoms with Gasteiger partial charge in [0, 0.05) is 13.0 Å². The maximum Gasteiger partial charge on any atom is 0.158 e. The average molecular weight is 373 g/mol. The Morgan fingerprint density at radius 2 is 2.08 bits per heavy atom. The largest absolute Gasteiger partial charge is 0.368 e. The van der Waals surface area contributed by atoms with Gasteiger partial charge in [0.1, 0.15) is 6.17 Å². The lowest BCUT2D eigenvalue weighted by Gasteiger charge is -2.31. The third-order valence-electron chi connectivity index (χ3n) is 6.65. The molecule has 3 aliphatic rings. The summed E-state index contributed by atoms with van der Waals surface area (Å²) in [5.74, 6) is 1.48. The summed E-state index contributed by atoms with van der Waals surface area (Å²) in [7, 11) is 0. The molecule has 0 aromatic rings. The molecule has 1 N–H and O–H groups in total. The van der Waals surface area contributed by atoms with E-state index in [0.29, 0.717) is 24.2 Å². The average Bonchev–Trinajstić information content (AvgIpc) is 3.12. The minimum absolute atomic E-state index is 0.187. The van der Waals surface area contributed by atoms with Crippen LogP contribution in [0.3, 0.4) is 0 Å². The van der Waals surface area contributed by atoms with Crippen molar-refractivity contribution in [3.63, 3.8) is 0 Å². The second kappa shape index (κ2) is 9.81. The van der Waals surface area contributed by atoms with Crippen LogP contribution in [0, 0.1) is 17.8 Å². The summed E-state index contributed by atoms with van der Waals surface area (Å²) >= 11 is 0. The van der Waals surface area contributed by atoms with Crippen molar-refractivity contribution in [3.05, 3.63) is 0 Å². The van der Waals surface area contributed by atoms with Crippen molar-refractivity contribution in [2.45, 2.75) is 109 Å². The number of aliphatic hydroxyl groups is 1. The van der Waals surface area contributed by atoms with Gasteiger partial charge in [-0.15, -0.1) is 0 Å². The molecule has 3 fully saturated rings. The molecular formula is C21H37FO4. The number of rotatable bonds is 9. The molecule has 26 heavy (non-hydrogen) atoms. The Balaban J connectivity index is 1.55. The third-order valence-corrected chi connectivity index (χ3v) is 6.65. The molecule has 1 aliphatic carbocycles. The Kier molecular flexibility index (Phi) is 7.74. The lowest BCUT2D eigenvalue weighted by atomic mass is 9.83. The monoisotopic (exact) mass is 372 g/mol. The van der Waals surface area contributed by atoms with E-state index in [9.17, 15) is 9.50 Å². The van der Waals surface area contributed by atoms with Gasteiger partial charge in [-0.3, -0.25) is 0 Å². The van der Waals surface area contributed by atoms with Crippen molar-refractivity contribution in [1.29, 1.82) is 0 Å². The molecule has 2 aliphatic heterocycles. The summed E-state index contributed by atoms with van der Waals surface area (Å²) in [6.45, 7) is 5.09. The summed E-state index contributed by atoms with van der Waals surface area (Å²) in [6, 6.07) is 0. The molecule has 0 amide bonds. The number of fused-ring (bicyclic) bond motifs is 1. The Morgan fingerprint density at radius 1 is 1.23 bits per heavy atom. The topological polar surface area (TPSA) is 47.9 Å². The van der Waals surface area contributed by atoms with E-state index >= 15 is 0 Å². The fourth-order valence-corrected chi connectivity index (χ4v) is 5.17. The molecule has 8 atom stereocenters. The first kappa shape index (κ1) is 20.5. The quantitative estimate of drug-likeness (QED) is 0.643. The van der Waals surface area contributed by atoms with Gasteiger partial charge < -0.3 is 19.3 Å². The van der Waals surface area contributed by atoms with Gasteiger partial charge in [-0.05, 0) is 62.7 Å². The van der Waals surface area contributed by atoms with Gasteiger partial charge in [-0.25, -0.2) is 4.39 Å². The fraction of sp³-hybridized carbons (Fsp3) is 1.00. The van der Waals surface area contributed by atoms with Gasteiger partial charge in [-0.2, -0.15) is 0 Å². The number of aliphatic hydroxyl groups excluding tert-OH is 1. The zero-order valence-corrected chi connectivity index (χ0v) is 16.4. The first-order valence-corrected chi connectivity index (χ1v) is 10.8. The summed E-state index contributed by atoms with van der Waals surface area (Å²) in [5.41, 5.74) is 0. The highest BCUT2D eigenvalue weighted by Gasteiger charge is 2.47. The predicted molar refractivity (Wildman–Crippen MR) is 98.4 cm³/mol. The van der Waals surface area contributed by atoms with E-state index in [1.807, 2.05) is 0 Å². The van der Waals surface area contributed by atoms with Gasteiger partial charge in [0.15, 0.2) is 12.6 Å². The van der Waals surface area contributed by atoms with Gasteiger partial charge >= 0.3 is 0 Å². The lowest BCUT2D eigenvalue weighted by Crippen LogP contribution is -2.34. The summed E-state index contributed by atoms with van der Waals surface area (Å²) < 4.78 is 32.3. The second-order valence-corrected chi connectivity index (χ2v) is 8.61. The molecular weight excluding hydrogens is 335 g/mol. The van der Waals surface area contributed by atoms with Crippen molar-refractivity contribution in [1.82, 2.24) is 0 Å². The van der Waals surface area contributed by atoms with Crippen LogP contribution in [-0.4, -0.2) is 42.7 Å². The van der Waals surface area contributed by atoms with Gasteiger partial charge in [0.05, 0.1) is 12.2 Å². The van der Waals surface area contributed by atoms with Crippen LogP contribution in [0.2, 0.25) is 0 Å². The van der Waals surface area contributed by atoms with Crippen LogP contribution in [0.5, 0.6) is 0 Å². The molecule has 2 saturated heterocycles. The van der Waals surface area contributed by atoms with E-state index in [-0.39, 0.29) is 18.5 Å². The van der Waals surface area contributed by atoms with E-state index in [2.05, 4.69) is 13.8 Å². The van der Waals surface area contributed by atoms with Gasteiger partial charge in [-0.1, -0.05) is 26.7 Å². The van der Waals surface area contributed by atoms with Crippen molar-refractivity contribution in [2.75, 3.05) is 6.61 Å². The van der Waals surface area contributed by atoms with Crippen molar-refractivity contribution in [3.8, 4) is 0 Å². The first-order chi connectivity index (χ1) is 12.6. The zero-order chi connectivity index (χ0) is 18.5. The normalized spacial score (nSPS) is 39.7. The molecule has 2 heterocycles. The number of alkyl halides is 1. The van der Waals surface area contributed by atoms with Crippen LogP contribution in [0.25, 0.3) is 0 Å². The molecule has 0 aromatic carbocycles. The standard InChI is InChI=1S/C21H37FO4/c1-3-4-7-17(22)18(26-21-8-5-6-11-24-21)10-9-15-14(2)12-19-16(15)13-20(23)25-19/h14-21,23H,3-13H2,1-2H3/t14-,15-,16-,17-,18+,19+,20?,21?/m1/s1. The Labute approximate surface area is 157 Å². The summed E-state index contributed by atoms with van der Waals surface area (Å²) in [6.07, 6.45) is 7.00. The smallest absolute Gasteiger partial charge is 0.158 e. The van der Waals surface area contributed by atoms with Crippen LogP contribution >= 0.6 is 0 Å². The van der Waals surface area contributed by atoms with E-state index in [1.165, 1.54) is 0 Å². The van der Waals surface area contributed by atoms with Crippen LogP contribution in [-0.2, 0) is 14.2 Å². The molecule has 3 rings (SSSR count). The maximum atomic E-state index is 14.9. The third kappa shape index (κ3) is 5.18. The molecule has 5 heteroatoms. The molecule has 0 radical (unpaired) electrons. The highest BCUT2D eigenvalue weighted by atomic mass is 19.1. The van der Waals surface area contributed by atoms with Gasteiger partial charge in [0.25, 0.3) is 0 Å². The van der Waals surface area contributed by atoms with Gasteiger partial charge in [0.2, 0.25) is 0 Å². The number of halogens is 1. The van der Waals surface area contributed by atoms with E-state index in [1.54, 1.807) is 0 Å².